The first-order valence-corrected chi connectivity index (χ1v) is 4.92. The monoisotopic (exact) mass is 181 g/mol. The van der Waals surface area contributed by atoms with Gasteiger partial charge in [-0.1, -0.05) is 20.8 Å². The van der Waals surface area contributed by atoms with Crippen LogP contribution in [-0.2, 0) is 4.42 Å². The molecule has 0 unspecified atom stereocenters. The van der Waals surface area contributed by atoms with Crippen LogP contribution >= 0.6 is 0 Å². The fraction of sp³-hybridized carbons (Fsp3) is 0.750. The average molecular weight is 181 g/mol. The number of hydrogen-bond donors (Lipinski definition) is 0. The van der Waals surface area contributed by atoms with E-state index in [2.05, 4.69) is 47.6 Å². The van der Waals surface area contributed by atoms with Crippen LogP contribution in [0.5, 0.6) is 0 Å². The predicted molar refractivity (Wildman–Crippen MR) is 56.9 cm³/mol. The minimum Gasteiger partial charge on any atom is -0.254 e. The molecule has 1 heteroatoms. The molecule has 1 aliphatic rings. The van der Waals surface area contributed by atoms with E-state index in [9.17, 15) is 0 Å². The Morgan fingerprint density at radius 1 is 1.00 bits per heavy atom. The van der Waals surface area contributed by atoms with E-state index in [0.717, 1.165) is 12.4 Å². The standard InChI is InChI=1S/C12H21O/c1-11(2,3)9-7-10(13-8-9)12(4,5)6/h7H,8H2,1-6H3/q+1. The topological polar surface area (TPSA) is 11.3 Å². The van der Waals surface area contributed by atoms with Gasteiger partial charge in [-0.25, -0.2) is 0 Å². The molecule has 0 spiro atoms. The van der Waals surface area contributed by atoms with Gasteiger partial charge >= 0.3 is 5.78 Å². The Kier molecular flexibility index (Phi) is 2.40. The van der Waals surface area contributed by atoms with Gasteiger partial charge in [-0.15, -0.1) is 0 Å². The molecule has 1 rings (SSSR count). The van der Waals surface area contributed by atoms with Gasteiger partial charge in [-0.2, -0.15) is 0 Å². The lowest BCUT2D eigenvalue weighted by atomic mass is 9.84. The van der Waals surface area contributed by atoms with Crippen molar-refractivity contribution in [2.75, 3.05) is 6.61 Å². The van der Waals surface area contributed by atoms with Gasteiger partial charge in [0.25, 0.3) is 6.61 Å². The highest BCUT2D eigenvalue weighted by atomic mass is 16.4. The van der Waals surface area contributed by atoms with Crippen molar-refractivity contribution in [1.82, 2.24) is 0 Å². The van der Waals surface area contributed by atoms with Crippen molar-refractivity contribution in [3.05, 3.63) is 11.6 Å². The smallest absolute Gasteiger partial charge is 0.254 e. The van der Waals surface area contributed by atoms with Crippen LogP contribution in [-0.4, -0.2) is 12.4 Å². The molecule has 0 saturated heterocycles. The largest absolute Gasteiger partial charge is 0.325 e. The highest BCUT2D eigenvalue weighted by Crippen LogP contribution is 2.30. The van der Waals surface area contributed by atoms with E-state index < -0.39 is 0 Å². The Labute approximate surface area is 81.5 Å². The Morgan fingerprint density at radius 2 is 1.54 bits per heavy atom. The second-order valence-corrected chi connectivity index (χ2v) is 5.82. The molecule has 13 heavy (non-hydrogen) atoms. The van der Waals surface area contributed by atoms with E-state index in [-0.39, 0.29) is 10.8 Å². The van der Waals surface area contributed by atoms with Gasteiger partial charge in [0.15, 0.2) is 0 Å². The van der Waals surface area contributed by atoms with Crippen molar-refractivity contribution < 1.29 is 4.42 Å². The van der Waals surface area contributed by atoms with Crippen molar-refractivity contribution in [1.29, 1.82) is 0 Å². The lowest BCUT2D eigenvalue weighted by Crippen LogP contribution is -2.18. The lowest BCUT2D eigenvalue weighted by Gasteiger charge is -2.15. The first-order valence-electron chi connectivity index (χ1n) is 4.92. The van der Waals surface area contributed by atoms with Crippen molar-refractivity contribution in [2.45, 2.75) is 41.5 Å². The first-order chi connectivity index (χ1) is 5.71. The summed E-state index contributed by atoms with van der Waals surface area (Å²) in [6, 6.07) is 0. The lowest BCUT2D eigenvalue weighted by molar-refractivity contribution is -0.447. The van der Waals surface area contributed by atoms with Crippen LogP contribution in [0.1, 0.15) is 41.5 Å². The summed E-state index contributed by atoms with van der Waals surface area (Å²) in [5.41, 5.74) is 1.79. The third-order valence-corrected chi connectivity index (χ3v) is 2.39. The molecule has 0 radical (unpaired) electrons. The van der Waals surface area contributed by atoms with Crippen molar-refractivity contribution in [2.24, 2.45) is 10.8 Å². The van der Waals surface area contributed by atoms with Gasteiger partial charge in [-0.05, 0) is 26.2 Å². The second kappa shape index (κ2) is 2.97. The molecule has 1 nitrogen and oxygen atoms in total. The zero-order valence-electron chi connectivity index (χ0n) is 9.69. The fourth-order valence-electron chi connectivity index (χ4n) is 1.26. The molecule has 0 N–H and O–H groups in total. The summed E-state index contributed by atoms with van der Waals surface area (Å²) in [4.78, 5) is 0. The quantitative estimate of drug-likeness (QED) is 0.509. The second-order valence-electron chi connectivity index (χ2n) is 5.82. The van der Waals surface area contributed by atoms with E-state index in [1.54, 1.807) is 0 Å². The summed E-state index contributed by atoms with van der Waals surface area (Å²) in [5.74, 6) is 1.12. The molecule has 1 heterocycles. The molecule has 1 aliphatic heterocycles. The summed E-state index contributed by atoms with van der Waals surface area (Å²) in [7, 11) is 0. The third kappa shape index (κ3) is 2.43. The number of hydrogen-bond acceptors (Lipinski definition) is 0. The van der Waals surface area contributed by atoms with E-state index >= 15 is 0 Å². The number of carbonyl (C=O) groups excluding carboxylic acids is 1. The Balaban J connectivity index is 2.84. The molecule has 0 aliphatic carbocycles. The minimum atomic E-state index is 0.146. The summed E-state index contributed by atoms with van der Waals surface area (Å²) >= 11 is 0. The van der Waals surface area contributed by atoms with Crippen molar-refractivity contribution >= 4 is 5.78 Å². The molecule has 0 atom stereocenters. The normalized spacial score (nSPS) is 18.6. The molecule has 0 saturated carbocycles. The maximum Gasteiger partial charge on any atom is 0.325 e. The van der Waals surface area contributed by atoms with Crippen LogP contribution in [0, 0.1) is 10.8 Å². The maximum absolute atomic E-state index is 5.68. The maximum atomic E-state index is 5.68. The van der Waals surface area contributed by atoms with Gasteiger partial charge in [0.1, 0.15) is 0 Å². The summed E-state index contributed by atoms with van der Waals surface area (Å²) < 4.78 is 5.68. The predicted octanol–water partition coefficient (Wildman–Crippen LogP) is 3.12. The summed E-state index contributed by atoms with van der Waals surface area (Å²) in [6.45, 7) is 14.0. The SMILES string of the molecule is CC(C)(C)C1=CC(C(C)(C)C)=[O+]C1. The highest BCUT2D eigenvalue weighted by molar-refractivity contribution is 5.96. The molecule has 0 bridgehead atoms. The van der Waals surface area contributed by atoms with Crippen LogP contribution in [0.3, 0.4) is 0 Å². The Hall–Kier alpha value is -0.590. The fourth-order valence-corrected chi connectivity index (χ4v) is 1.26. The number of ketones is 1. The van der Waals surface area contributed by atoms with E-state index in [4.69, 9.17) is 4.42 Å². The average Bonchev–Trinajstić information content (AvgIpc) is 2.28. The van der Waals surface area contributed by atoms with Crippen LogP contribution in [0.15, 0.2) is 11.6 Å². The minimum absolute atomic E-state index is 0.146. The van der Waals surface area contributed by atoms with Crippen LogP contribution in [0.2, 0.25) is 0 Å². The molecule has 74 valence electrons. The molecule has 0 amide bonds. The van der Waals surface area contributed by atoms with Gasteiger partial charge in [0.05, 0.1) is 5.41 Å². The van der Waals surface area contributed by atoms with Crippen LogP contribution in [0.4, 0.5) is 0 Å². The van der Waals surface area contributed by atoms with Gasteiger partial charge in [0, 0.05) is 11.6 Å². The van der Waals surface area contributed by atoms with E-state index in [1.807, 2.05) is 0 Å². The Bertz CT molecular complexity index is 256. The first kappa shape index (κ1) is 10.5. The number of allylic oxidation sites excluding steroid dienone is 1. The van der Waals surface area contributed by atoms with Crippen molar-refractivity contribution in [3.63, 3.8) is 0 Å². The zero-order valence-corrected chi connectivity index (χ0v) is 9.69. The Morgan fingerprint density at radius 3 is 1.77 bits per heavy atom. The molecular formula is C12H21O+. The van der Waals surface area contributed by atoms with Crippen LogP contribution in [0.25, 0.3) is 0 Å². The van der Waals surface area contributed by atoms with Crippen molar-refractivity contribution in [3.8, 4) is 0 Å². The highest BCUT2D eigenvalue weighted by Gasteiger charge is 2.36. The third-order valence-electron chi connectivity index (χ3n) is 2.39. The van der Waals surface area contributed by atoms with Gasteiger partial charge in [-0.3, -0.25) is 4.42 Å². The zero-order chi connectivity index (χ0) is 10.3. The summed E-state index contributed by atoms with van der Waals surface area (Å²) in [5, 5.41) is 0. The summed E-state index contributed by atoms with van der Waals surface area (Å²) in [6.07, 6.45) is 2.22. The molecule has 0 fully saturated rings. The van der Waals surface area contributed by atoms with Gasteiger partial charge < -0.3 is 0 Å². The molecule has 0 aromatic heterocycles. The number of rotatable bonds is 0. The molecular weight excluding hydrogens is 160 g/mol. The van der Waals surface area contributed by atoms with Crippen LogP contribution < -0.4 is 0 Å². The molecule has 0 aromatic rings. The van der Waals surface area contributed by atoms with E-state index in [0.29, 0.717) is 0 Å². The van der Waals surface area contributed by atoms with Gasteiger partial charge in [0.2, 0.25) is 0 Å². The molecule has 0 aromatic carbocycles. The van der Waals surface area contributed by atoms with E-state index in [1.165, 1.54) is 5.57 Å².